The van der Waals surface area contributed by atoms with E-state index in [1.54, 1.807) is 29.7 Å². The van der Waals surface area contributed by atoms with Crippen LogP contribution in [0.5, 0.6) is 0 Å². The molecule has 0 spiro atoms. The quantitative estimate of drug-likeness (QED) is 0.627. The van der Waals surface area contributed by atoms with Crippen molar-refractivity contribution in [3.63, 3.8) is 0 Å². The zero-order valence-corrected chi connectivity index (χ0v) is 15.3. The zero-order chi connectivity index (χ0) is 18.4. The number of para-hydroxylation sites is 1. The normalized spacial score (nSPS) is 12.0. The molecule has 1 aromatic carbocycles. The second-order valence-electron chi connectivity index (χ2n) is 5.40. The van der Waals surface area contributed by atoms with Crippen molar-refractivity contribution in [1.29, 1.82) is 0 Å². The van der Waals surface area contributed by atoms with Crippen LogP contribution in [0.25, 0.3) is 10.9 Å². The van der Waals surface area contributed by atoms with Crippen LogP contribution in [-0.4, -0.2) is 33.9 Å². The van der Waals surface area contributed by atoms with Gasteiger partial charge < -0.3 is 4.74 Å². The summed E-state index contributed by atoms with van der Waals surface area (Å²) in [6.45, 7) is 5.75. The first-order valence-electron chi connectivity index (χ1n) is 8.08. The third-order valence-electron chi connectivity index (χ3n) is 3.66. The molecule has 2 amide bonds. The average molecular weight is 363 g/mol. The van der Waals surface area contributed by atoms with Crippen LogP contribution in [0.3, 0.4) is 0 Å². The van der Waals surface area contributed by atoms with Gasteiger partial charge in [-0.2, -0.15) is 0 Å². The van der Waals surface area contributed by atoms with Crippen LogP contribution in [0.1, 0.15) is 33.2 Å². The Morgan fingerprint density at radius 3 is 2.72 bits per heavy atom. The predicted octanol–water partition coefficient (Wildman–Crippen LogP) is 2.73. The molecule has 1 heterocycles. The topological polar surface area (TPSA) is 90.3 Å². The first kappa shape index (κ1) is 19.0. The summed E-state index contributed by atoms with van der Waals surface area (Å²) in [4.78, 5) is 40.4. The Morgan fingerprint density at radius 1 is 1.32 bits per heavy atom. The van der Waals surface area contributed by atoms with E-state index in [1.807, 2.05) is 19.9 Å². The highest BCUT2D eigenvalue weighted by Crippen LogP contribution is 2.22. The van der Waals surface area contributed by atoms with Gasteiger partial charge in [0.2, 0.25) is 5.91 Å². The number of hydrogen-bond donors (Lipinski definition) is 1. The first-order chi connectivity index (χ1) is 12.0. The molecule has 0 aliphatic rings. The lowest BCUT2D eigenvalue weighted by molar-refractivity contribution is -0.117. The number of aromatic nitrogens is 2. The second-order valence-corrected chi connectivity index (χ2v) is 6.34. The molecule has 0 saturated carbocycles. The number of amides is 2. The number of thioether (sulfide) groups is 1. The fourth-order valence-corrected chi connectivity index (χ4v) is 3.14. The summed E-state index contributed by atoms with van der Waals surface area (Å²) in [6, 6.07) is 7.06. The lowest BCUT2D eigenvalue weighted by Gasteiger charge is -2.18. The zero-order valence-electron chi connectivity index (χ0n) is 14.4. The molecule has 0 fully saturated rings. The maximum absolute atomic E-state index is 12.8. The average Bonchev–Trinajstić information content (AvgIpc) is 2.59. The summed E-state index contributed by atoms with van der Waals surface area (Å²) in [5.74, 6) is -0.540. The van der Waals surface area contributed by atoms with Crippen molar-refractivity contribution in [2.75, 3.05) is 12.4 Å². The van der Waals surface area contributed by atoms with Gasteiger partial charge in [-0.15, -0.1) is 0 Å². The Hall–Kier alpha value is -2.35. The van der Waals surface area contributed by atoms with Gasteiger partial charge >= 0.3 is 6.09 Å². The maximum atomic E-state index is 12.8. The number of imide groups is 1. The summed E-state index contributed by atoms with van der Waals surface area (Å²) in [5, 5.41) is 3.13. The van der Waals surface area contributed by atoms with Gasteiger partial charge in [0.15, 0.2) is 5.16 Å². The molecule has 0 radical (unpaired) electrons. The molecule has 25 heavy (non-hydrogen) atoms. The van der Waals surface area contributed by atoms with E-state index in [9.17, 15) is 14.4 Å². The number of carbonyl (C=O) groups is 2. The van der Waals surface area contributed by atoms with Gasteiger partial charge in [-0.3, -0.25) is 19.5 Å². The van der Waals surface area contributed by atoms with E-state index in [0.29, 0.717) is 16.1 Å². The van der Waals surface area contributed by atoms with E-state index in [2.05, 4.69) is 15.0 Å². The van der Waals surface area contributed by atoms with E-state index in [-0.39, 0.29) is 24.0 Å². The molecule has 0 unspecified atom stereocenters. The summed E-state index contributed by atoms with van der Waals surface area (Å²) in [6.07, 6.45) is -0.0263. The van der Waals surface area contributed by atoms with Gasteiger partial charge in [0.05, 0.1) is 23.3 Å². The van der Waals surface area contributed by atoms with Gasteiger partial charge in [-0.25, -0.2) is 9.78 Å². The summed E-state index contributed by atoms with van der Waals surface area (Å²) in [5.41, 5.74) is 0.452. The molecule has 0 aliphatic carbocycles. The lowest BCUT2D eigenvalue weighted by atomic mass is 10.2. The van der Waals surface area contributed by atoms with E-state index in [0.717, 1.165) is 18.2 Å². The number of ether oxygens (including phenoxy) is 1. The van der Waals surface area contributed by atoms with Crippen molar-refractivity contribution in [3.8, 4) is 0 Å². The standard InChI is InChI=1S/C17H21N3O4S/c1-4-11(3)20-15(22)12-8-6-7-9-13(12)18-16(20)25-10-14(21)19-17(23)24-5-2/h6-9,11H,4-5,10H2,1-3H3,(H,19,21,23)/t11-/m0/s1. The van der Waals surface area contributed by atoms with Crippen LogP contribution >= 0.6 is 11.8 Å². The smallest absolute Gasteiger partial charge is 0.413 e. The number of nitrogens with zero attached hydrogens (tertiary/aromatic N) is 2. The number of nitrogens with one attached hydrogen (secondary N) is 1. The minimum absolute atomic E-state index is 0.0416. The highest BCUT2D eigenvalue weighted by molar-refractivity contribution is 7.99. The highest BCUT2D eigenvalue weighted by Gasteiger charge is 2.17. The van der Waals surface area contributed by atoms with Gasteiger partial charge in [-0.1, -0.05) is 30.8 Å². The second kappa shape index (κ2) is 8.66. The SMILES string of the molecule is CCOC(=O)NC(=O)CSc1nc2ccccc2c(=O)n1[C@@H](C)CC. The Balaban J connectivity index is 2.28. The molecule has 134 valence electrons. The van der Waals surface area contributed by atoms with Gasteiger partial charge in [0, 0.05) is 6.04 Å². The number of carbonyl (C=O) groups excluding carboxylic acids is 2. The molecule has 0 bridgehead atoms. The number of benzene rings is 1. The highest BCUT2D eigenvalue weighted by atomic mass is 32.2. The van der Waals surface area contributed by atoms with Crippen LogP contribution in [0.4, 0.5) is 4.79 Å². The third kappa shape index (κ3) is 4.60. The Labute approximate surface area is 149 Å². The Bertz CT molecular complexity index is 834. The fraction of sp³-hybridized carbons (Fsp3) is 0.412. The molecule has 2 aromatic rings. The van der Waals surface area contributed by atoms with Crippen molar-refractivity contribution < 1.29 is 14.3 Å². The van der Waals surface area contributed by atoms with Crippen LogP contribution in [0.2, 0.25) is 0 Å². The largest absolute Gasteiger partial charge is 0.450 e. The van der Waals surface area contributed by atoms with E-state index in [1.165, 1.54) is 0 Å². The number of rotatable bonds is 6. The molecule has 7 nitrogen and oxygen atoms in total. The van der Waals surface area contributed by atoms with Crippen molar-refractivity contribution in [2.24, 2.45) is 0 Å². The Morgan fingerprint density at radius 2 is 2.04 bits per heavy atom. The predicted molar refractivity (Wildman–Crippen MR) is 96.9 cm³/mol. The van der Waals surface area contributed by atoms with E-state index in [4.69, 9.17) is 0 Å². The van der Waals surface area contributed by atoms with Crippen molar-refractivity contribution in [1.82, 2.24) is 14.9 Å². The van der Waals surface area contributed by atoms with Gasteiger partial charge in [0.1, 0.15) is 0 Å². The summed E-state index contributed by atoms with van der Waals surface area (Å²) in [7, 11) is 0. The van der Waals surface area contributed by atoms with Crippen molar-refractivity contribution in [2.45, 2.75) is 38.4 Å². The number of hydrogen-bond acceptors (Lipinski definition) is 6. The maximum Gasteiger partial charge on any atom is 0.413 e. The molecular weight excluding hydrogens is 342 g/mol. The van der Waals surface area contributed by atoms with E-state index < -0.39 is 12.0 Å². The molecule has 8 heteroatoms. The Kier molecular flexibility index (Phi) is 6.58. The van der Waals surface area contributed by atoms with Crippen molar-refractivity contribution in [3.05, 3.63) is 34.6 Å². The minimum Gasteiger partial charge on any atom is -0.450 e. The molecule has 2 rings (SSSR count). The number of fused-ring (bicyclic) bond motifs is 1. The van der Waals surface area contributed by atoms with Gasteiger partial charge in [0.25, 0.3) is 5.56 Å². The monoisotopic (exact) mass is 363 g/mol. The molecule has 0 saturated heterocycles. The molecule has 1 N–H and O–H groups in total. The van der Waals surface area contributed by atoms with Crippen LogP contribution in [0, 0.1) is 0 Å². The molecule has 1 aromatic heterocycles. The van der Waals surface area contributed by atoms with Gasteiger partial charge in [-0.05, 0) is 32.4 Å². The third-order valence-corrected chi connectivity index (χ3v) is 4.61. The van der Waals surface area contributed by atoms with E-state index >= 15 is 0 Å². The molecular formula is C17H21N3O4S. The van der Waals surface area contributed by atoms with Crippen molar-refractivity contribution >= 4 is 34.7 Å². The first-order valence-corrected chi connectivity index (χ1v) is 9.07. The minimum atomic E-state index is -0.779. The lowest BCUT2D eigenvalue weighted by Crippen LogP contribution is -2.33. The fourth-order valence-electron chi connectivity index (χ4n) is 2.25. The number of alkyl carbamates (subject to hydrolysis) is 1. The summed E-state index contributed by atoms with van der Waals surface area (Å²) < 4.78 is 6.27. The molecule has 1 atom stereocenters. The van der Waals surface area contributed by atoms with Crippen LogP contribution in [0.15, 0.2) is 34.2 Å². The van der Waals surface area contributed by atoms with Crippen LogP contribution in [-0.2, 0) is 9.53 Å². The van der Waals surface area contributed by atoms with Crippen LogP contribution < -0.4 is 10.9 Å². The summed E-state index contributed by atoms with van der Waals surface area (Å²) >= 11 is 1.12. The molecule has 0 aliphatic heterocycles.